The minimum atomic E-state index is -1.13. The van der Waals surface area contributed by atoms with Crippen LogP contribution in [0, 0.1) is 0 Å². The number of hydrogen-bond donors (Lipinski definition) is 0. The van der Waals surface area contributed by atoms with Gasteiger partial charge in [-0.15, -0.1) is 0 Å². The maximum Gasteiger partial charge on any atom is 0.306 e. The van der Waals surface area contributed by atoms with E-state index in [1.54, 1.807) is 28.1 Å². The molecule has 0 saturated carbocycles. The van der Waals surface area contributed by atoms with Gasteiger partial charge in [-0.05, 0) is 32.1 Å². The van der Waals surface area contributed by atoms with E-state index in [0.29, 0.717) is 6.42 Å². The minimum absolute atomic E-state index is 0.0336. The predicted molar refractivity (Wildman–Crippen MR) is 148 cm³/mol. The maximum atomic E-state index is 12.3. The highest BCUT2D eigenvalue weighted by Gasteiger charge is 2.25. The van der Waals surface area contributed by atoms with E-state index in [1.807, 2.05) is 0 Å². The summed E-state index contributed by atoms with van der Waals surface area (Å²) in [5, 5.41) is 11.4. The summed E-state index contributed by atoms with van der Waals surface area (Å²) >= 11 is 0. The standard InChI is InChI=1S/C30H55NO7/c1-6-8-9-10-11-12-13-14-15-16-17-18-19-20-21-29(33)38-26(25-37-28(32)7-2)24-36-23-22-27(30(34)35)31(3,4)5/h13-14,26-27H,6-12,15-25H2,1-5H3/b14-13-. The number of esters is 2. The number of unbranched alkanes of at least 4 members (excludes halogenated alkanes) is 10. The molecule has 8 nitrogen and oxygen atoms in total. The second-order valence-corrected chi connectivity index (χ2v) is 10.9. The highest BCUT2D eigenvalue weighted by Crippen LogP contribution is 2.11. The van der Waals surface area contributed by atoms with E-state index < -0.39 is 18.1 Å². The molecule has 0 saturated heterocycles. The molecule has 0 heterocycles. The first-order valence-electron chi connectivity index (χ1n) is 14.7. The van der Waals surface area contributed by atoms with Crippen LogP contribution in [-0.2, 0) is 28.6 Å². The molecule has 0 rings (SSSR count). The molecule has 0 amide bonds. The van der Waals surface area contributed by atoms with Crippen LogP contribution >= 0.6 is 0 Å². The van der Waals surface area contributed by atoms with Crippen molar-refractivity contribution in [2.45, 2.75) is 122 Å². The highest BCUT2D eigenvalue weighted by molar-refractivity contribution is 5.70. The van der Waals surface area contributed by atoms with E-state index >= 15 is 0 Å². The number of ether oxygens (including phenoxy) is 3. The molecule has 0 aromatic carbocycles. The third-order valence-electron chi connectivity index (χ3n) is 6.46. The van der Waals surface area contributed by atoms with Crippen LogP contribution in [0.5, 0.6) is 0 Å². The summed E-state index contributed by atoms with van der Waals surface area (Å²) in [6, 6.07) is -0.717. The van der Waals surface area contributed by atoms with E-state index in [2.05, 4.69) is 19.1 Å². The smallest absolute Gasteiger partial charge is 0.306 e. The summed E-state index contributed by atoms with van der Waals surface area (Å²) < 4.78 is 16.4. The number of carbonyl (C=O) groups is 3. The van der Waals surface area contributed by atoms with Crippen molar-refractivity contribution in [3.05, 3.63) is 12.2 Å². The van der Waals surface area contributed by atoms with Gasteiger partial charge in [0.2, 0.25) is 0 Å². The molecule has 0 bridgehead atoms. The van der Waals surface area contributed by atoms with Crippen LogP contribution in [-0.4, -0.2) is 75.5 Å². The number of allylic oxidation sites excluding steroid dienone is 2. The van der Waals surface area contributed by atoms with Crippen molar-refractivity contribution in [1.82, 2.24) is 0 Å². The molecule has 0 radical (unpaired) electrons. The van der Waals surface area contributed by atoms with Crippen molar-refractivity contribution in [2.24, 2.45) is 0 Å². The Balaban J connectivity index is 4.16. The van der Waals surface area contributed by atoms with E-state index in [0.717, 1.165) is 32.1 Å². The third kappa shape index (κ3) is 21.1. The first-order valence-corrected chi connectivity index (χ1v) is 14.7. The van der Waals surface area contributed by atoms with Gasteiger partial charge in [-0.3, -0.25) is 9.59 Å². The molecule has 0 aliphatic carbocycles. The lowest BCUT2D eigenvalue weighted by Gasteiger charge is -2.34. The quantitative estimate of drug-likeness (QED) is 0.0712. The van der Waals surface area contributed by atoms with Gasteiger partial charge in [0.15, 0.2) is 6.10 Å². The fraction of sp³-hybridized carbons (Fsp3) is 0.833. The van der Waals surface area contributed by atoms with Crippen LogP contribution in [0.3, 0.4) is 0 Å². The third-order valence-corrected chi connectivity index (χ3v) is 6.46. The number of carboxylic acid groups (broad SMARTS) is 1. The Kier molecular flexibility index (Phi) is 21.8. The number of rotatable bonds is 25. The Hall–Kier alpha value is -1.93. The fourth-order valence-electron chi connectivity index (χ4n) is 4.04. The molecule has 222 valence electrons. The van der Waals surface area contributed by atoms with E-state index in [-0.39, 0.29) is 49.1 Å². The lowest BCUT2D eigenvalue weighted by molar-refractivity contribution is -0.889. The number of nitrogens with zero attached hydrogens (tertiary/aromatic N) is 1. The Labute approximate surface area is 231 Å². The van der Waals surface area contributed by atoms with Crippen molar-refractivity contribution < 1.29 is 38.2 Å². The molecule has 2 unspecified atom stereocenters. The van der Waals surface area contributed by atoms with Crippen LogP contribution < -0.4 is 5.11 Å². The van der Waals surface area contributed by atoms with E-state index in [9.17, 15) is 19.5 Å². The SMILES string of the molecule is CCCCCCC/C=C\CCCCCCCC(=O)OC(COCCC(C(=O)[O-])[N+](C)(C)C)COC(=O)CC. The van der Waals surface area contributed by atoms with Crippen LogP contribution in [0.1, 0.15) is 110 Å². The molecule has 0 spiro atoms. The van der Waals surface area contributed by atoms with Crippen molar-refractivity contribution in [3.8, 4) is 0 Å². The second kappa shape index (κ2) is 23.0. The Morgan fingerprint density at radius 2 is 1.37 bits per heavy atom. The number of likely N-dealkylation sites (N-methyl/N-ethyl adjacent to an activating group) is 1. The minimum Gasteiger partial charge on any atom is -0.544 e. The van der Waals surface area contributed by atoms with Gasteiger partial charge in [-0.1, -0.05) is 70.9 Å². The molecular formula is C30H55NO7. The van der Waals surface area contributed by atoms with Gasteiger partial charge in [0.25, 0.3) is 0 Å². The number of carboxylic acids is 1. The molecule has 0 aromatic heterocycles. The molecule has 38 heavy (non-hydrogen) atoms. The lowest BCUT2D eigenvalue weighted by Crippen LogP contribution is -2.55. The number of carbonyl (C=O) groups excluding carboxylic acids is 3. The molecule has 2 atom stereocenters. The molecular weight excluding hydrogens is 486 g/mol. The maximum absolute atomic E-state index is 12.3. The van der Waals surface area contributed by atoms with Gasteiger partial charge in [0.1, 0.15) is 12.6 Å². The fourth-order valence-corrected chi connectivity index (χ4v) is 4.04. The van der Waals surface area contributed by atoms with Gasteiger partial charge in [-0.25, -0.2) is 0 Å². The first-order chi connectivity index (χ1) is 18.1. The van der Waals surface area contributed by atoms with Gasteiger partial charge in [0, 0.05) is 19.3 Å². The van der Waals surface area contributed by atoms with E-state index in [1.165, 1.54) is 44.9 Å². The Morgan fingerprint density at radius 1 is 0.789 bits per heavy atom. The Bertz CT molecular complexity index is 657. The van der Waals surface area contributed by atoms with Crippen molar-refractivity contribution >= 4 is 17.9 Å². The van der Waals surface area contributed by atoms with Crippen LogP contribution in [0.4, 0.5) is 0 Å². The predicted octanol–water partition coefficient (Wildman–Crippen LogP) is 4.73. The van der Waals surface area contributed by atoms with Crippen molar-refractivity contribution in [1.29, 1.82) is 0 Å². The molecule has 0 N–H and O–H groups in total. The van der Waals surface area contributed by atoms with Gasteiger partial charge in [-0.2, -0.15) is 0 Å². The molecule has 0 aliphatic rings. The van der Waals surface area contributed by atoms with Crippen molar-refractivity contribution in [3.63, 3.8) is 0 Å². The zero-order valence-electron chi connectivity index (χ0n) is 24.8. The van der Waals surface area contributed by atoms with Gasteiger partial charge >= 0.3 is 11.9 Å². The average Bonchev–Trinajstić information content (AvgIpc) is 2.85. The normalized spacial score (nSPS) is 13.4. The summed E-state index contributed by atoms with van der Waals surface area (Å²) in [7, 11) is 5.34. The van der Waals surface area contributed by atoms with Crippen LogP contribution in [0.25, 0.3) is 0 Å². The van der Waals surface area contributed by atoms with Gasteiger partial charge in [0.05, 0.1) is 40.3 Å². The monoisotopic (exact) mass is 541 g/mol. The molecule has 0 aliphatic heterocycles. The second-order valence-electron chi connectivity index (χ2n) is 10.9. The molecule has 8 heteroatoms. The van der Waals surface area contributed by atoms with Crippen LogP contribution in [0.2, 0.25) is 0 Å². The lowest BCUT2D eigenvalue weighted by atomic mass is 10.1. The topological polar surface area (TPSA) is 102 Å². The summed E-state index contributed by atoms with van der Waals surface area (Å²) in [5.74, 6) is -1.85. The summed E-state index contributed by atoms with van der Waals surface area (Å²) in [6.45, 7) is 4.05. The average molecular weight is 542 g/mol. The summed E-state index contributed by atoms with van der Waals surface area (Å²) in [5.41, 5.74) is 0. The highest BCUT2D eigenvalue weighted by atomic mass is 16.6. The Morgan fingerprint density at radius 3 is 1.92 bits per heavy atom. The number of aliphatic carboxylic acids is 1. The van der Waals surface area contributed by atoms with Crippen molar-refractivity contribution in [2.75, 3.05) is 41.0 Å². The molecule has 0 fully saturated rings. The van der Waals surface area contributed by atoms with E-state index in [4.69, 9.17) is 14.2 Å². The summed E-state index contributed by atoms with van der Waals surface area (Å²) in [4.78, 5) is 35.3. The summed E-state index contributed by atoms with van der Waals surface area (Å²) in [6.07, 6.45) is 18.7. The largest absolute Gasteiger partial charge is 0.544 e. The number of hydrogen-bond acceptors (Lipinski definition) is 7. The zero-order valence-corrected chi connectivity index (χ0v) is 24.8. The van der Waals surface area contributed by atoms with Gasteiger partial charge < -0.3 is 28.6 Å². The van der Waals surface area contributed by atoms with Crippen LogP contribution in [0.15, 0.2) is 12.2 Å². The zero-order chi connectivity index (χ0) is 28.7. The number of quaternary nitrogens is 1. The molecule has 0 aromatic rings. The first kappa shape index (κ1) is 36.1.